The number of ether oxygens (including phenoxy) is 1. The molecular weight excluding hydrogens is 352 g/mol. The summed E-state index contributed by atoms with van der Waals surface area (Å²) in [6.07, 6.45) is 4.08. The standard InChI is InChI=1S/C15H26N2O5S2/c1-10(2)22-15(20)12(6-5-11(18)9-16)17-14(19)13(24(4)21)7-8-23-3/h9-10,12-13,16H,5-8H2,1-4H3,(H,17,19)/t12-,13-,24?/m0/s1. The number of esters is 1. The first-order chi connectivity index (χ1) is 11.2. The molecule has 138 valence electrons. The van der Waals surface area contributed by atoms with E-state index in [1.807, 2.05) is 6.26 Å². The van der Waals surface area contributed by atoms with E-state index in [4.69, 9.17) is 10.1 Å². The fourth-order valence-electron chi connectivity index (χ4n) is 1.86. The highest BCUT2D eigenvalue weighted by atomic mass is 32.2. The van der Waals surface area contributed by atoms with E-state index < -0.39 is 39.8 Å². The molecule has 0 rings (SSSR count). The Bertz CT molecular complexity index is 482. The molecular formula is C15H26N2O5S2. The second-order valence-electron chi connectivity index (χ2n) is 5.46. The van der Waals surface area contributed by atoms with Crippen molar-refractivity contribution in [3.05, 3.63) is 0 Å². The van der Waals surface area contributed by atoms with Crippen LogP contribution in [0.5, 0.6) is 0 Å². The number of nitrogens with one attached hydrogen (secondary N) is 2. The Hall–Kier alpha value is -1.22. The van der Waals surface area contributed by atoms with Gasteiger partial charge in [-0.25, -0.2) is 4.79 Å². The van der Waals surface area contributed by atoms with Crippen LogP contribution in [0.2, 0.25) is 0 Å². The lowest BCUT2D eigenvalue weighted by Gasteiger charge is -2.21. The second-order valence-corrected chi connectivity index (χ2v) is 8.02. The monoisotopic (exact) mass is 378 g/mol. The predicted octanol–water partition coefficient (Wildman–Crippen LogP) is 0.922. The van der Waals surface area contributed by atoms with Gasteiger partial charge < -0.3 is 15.5 Å². The van der Waals surface area contributed by atoms with Gasteiger partial charge in [-0.1, -0.05) is 0 Å². The first kappa shape index (κ1) is 22.8. The zero-order valence-electron chi connectivity index (χ0n) is 14.5. The van der Waals surface area contributed by atoms with Crippen LogP contribution < -0.4 is 5.32 Å². The SMILES string of the molecule is CSCC[C@@H](C(=O)N[C@@H](CCC(=O)C=N)C(=O)OC(C)C)S(C)=O. The Balaban J connectivity index is 5.01. The van der Waals surface area contributed by atoms with Crippen molar-refractivity contribution in [1.82, 2.24) is 5.32 Å². The lowest BCUT2D eigenvalue weighted by molar-refractivity contribution is -0.151. The smallest absolute Gasteiger partial charge is 0.328 e. The van der Waals surface area contributed by atoms with Crippen molar-refractivity contribution < 1.29 is 23.3 Å². The van der Waals surface area contributed by atoms with E-state index in [9.17, 15) is 18.6 Å². The summed E-state index contributed by atoms with van der Waals surface area (Å²) in [6, 6.07) is -0.996. The number of thioether (sulfide) groups is 1. The highest BCUT2D eigenvalue weighted by Gasteiger charge is 2.29. The van der Waals surface area contributed by atoms with Gasteiger partial charge in [0.05, 0.1) is 12.3 Å². The van der Waals surface area contributed by atoms with Crippen molar-refractivity contribution in [2.45, 2.75) is 50.5 Å². The van der Waals surface area contributed by atoms with Crippen molar-refractivity contribution in [2.75, 3.05) is 18.3 Å². The molecule has 9 heteroatoms. The Morgan fingerprint density at radius 2 is 1.92 bits per heavy atom. The Kier molecular flexibility index (Phi) is 11.6. The van der Waals surface area contributed by atoms with Crippen LogP contribution in [0.3, 0.4) is 0 Å². The third kappa shape index (κ3) is 9.17. The van der Waals surface area contributed by atoms with Gasteiger partial charge in [0, 0.05) is 23.5 Å². The fourth-order valence-corrected chi connectivity index (χ4v) is 3.30. The van der Waals surface area contributed by atoms with Crippen LogP contribution in [0, 0.1) is 5.41 Å². The molecule has 0 heterocycles. The average molecular weight is 379 g/mol. The fraction of sp³-hybridized carbons (Fsp3) is 0.733. The van der Waals surface area contributed by atoms with E-state index >= 15 is 0 Å². The quantitative estimate of drug-likeness (QED) is 0.386. The third-order valence-corrected chi connectivity index (χ3v) is 4.97. The van der Waals surface area contributed by atoms with Gasteiger partial charge in [-0.15, -0.1) is 0 Å². The molecule has 3 atom stereocenters. The maximum atomic E-state index is 12.4. The van der Waals surface area contributed by atoms with Crippen LogP contribution >= 0.6 is 11.8 Å². The van der Waals surface area contributed by atoms with Crippen LogP contribution in [0.25, 0.3) is 0 Å². The van der Waals surface area contributed by atoms with Crippen molar-refractivity contribution in [2.24, 2.45) is 0 Å². The van der Waals surface area contributed by atoms with Crippen molar-refractivity contribution in [1.29, 1.82) is 5.41 Å². The Morgan fingerprint density at radius 1 is 1.29 bits per heavy atom. The maximum absolute atomic E-state index is 12.4. The molecule has 0 aromatic carbocycles. The summed E-state index contributed by atoms with van der Waals surface area (Å²) in [5.74, 6) is -0.894. The van der Waals surface area contributed by atoms with Crippen LogP contribution in [0.15, 0.2) is 0 Å². The molecule has 0 aromatic rings. The molecule has 0 aliphatic carbocycles. The molecule has 0 saturated carbocycles. The zero-order valence-corrected chi connectivity index (χ0v) is 16.1. The van der Waals surface area contributed by atoms with E-state index in [0.29, 0.717) is 18.4 Å². The summed E-state index contributed by atoms with van der Waals surface area (Å²) < 4.78 is 16.9. The highest BCUT2D eigenvalue weighted by Crippen LogP contribution is 2.09. The molecule has 1 amide bonds. The second kappa shape index (κ2) is 12.2. The molecule has 0 aliphatic heterocycles. The average Bonchev–Trinajstić information content (AvgIpc) is 2.50. The molecule has 0 aromatic heterocycles. The van der Waals surface area contributed by atoms with Crippen LogP contribution in [0.1, 0.15) is 33.1 Å². The van der Waals surface area contributed by atoms with Crippen LogP contribution in [0.4, 0.5) is 0 Å². The Labute approximate surface area is 149 Å². The molecule has 0 aliphatic rings. The van der Waals surface area contributed by atoms with Crippen molar-refractivity contribution in [3.63, 3.8) is 0 Å². The predicted molar refractivity (Wildman–Crippen MR) is 97.0 cm³/mol. The van der Waals surface area contributed by atoms with Gasteiger partial charge in [-0.2, -0.15) is 11.8 Å². The number of amides is 1. The van der Waals surface area contributed by atoms with Gasteiger partial charge in [0.1, 0.15) is 11.3 Å². The minimum absolute atomic E-state index is 0.0388. The normalized spacial score (nSPS) is 14.5. The van der Waals surface area contributed by atoms with Gasteiger partial charge in [0.2, 0.25) is 5.91 Å². The van der Waals surface area contributed by atoms with Gasteiger partial charge in [-0.3, -0.25) is 13.8 Å². The molecule has 24 heavy (non-hydrogen) atoms. The van der Waals surface area contributed by atoms with Crippen LogP contribution in [-0.2, 0) is 29.9 Å². The van der Waals surface area contributed by atoms with E-state index in [1.165, 1.54) is 18.0 Å². The summed E-state index contributed by atoms with van der Waals surface area (Å²) in [5.41, 5.74) is 0. The number of hydrogen-bond donors (Lipinski definition) is 2. The van der Waals surface area contributed by atoms with E-state index in [-0.39, 0.29) is 18.9 Å². The molecule has 0 bridgehead atoms. The summed E-state index contributed by atoms with van der Waals surface area (Å²) in [6.45, 7) is 3.36. The largest absolute Gasteiger partial charge is 0.461 e. The number of rotatable bonds is 12. The van der Waals surface area contributed by atoms with Crippen LogP contribution in [-0.4, -0.2) is 63.7 Å². The first-order valence-corrected chi connectivity index (χ1v) is 10.6. The van der Waals surface area contributed by atoms with Gasteiger partial charge >= 0.3 is 5.97 Å². The summed E-state index contributed by atoms with van der Waals surface area (Å²) >= 11 is 1.54. The Morgan fingerprint density at radius 3 is 2.38 bits per heavy atom. The molecule has 0 saturated heterocycles. The van der Waals surface area contributed by atoms with Crippen molar-refractivity contribution in [3.8, 4) is 0 Å². The molecule has 7 nitrogen and oxygen atoms in total. The van der Waals surface area contributed by atoms with E-state index in [1.54, 1.807) is 13.8 Å². The van der Waals surface area contributed by atoms with E-state index in [0.717, 1.165) is 0 Å². The zero-order chi connectivity index (χ0) is 18.7. The van der Waals surface area contributed by atoms with E-state index in [2.05, 4.69) is 5.32 Å². The lowest BCUT2D eigenvalue weighted by Crippen LogP contribution is -2.48. The summed E-state index contributed by atoms with van der Waals surface area (Å²) in [4.78, 5) is 35.7. The molecule has 1 unspecified atom stereocenters. The first-order valence-electron chi connectivity index (χ1n) is 7.58. The summed E-state index contributed by atoms with van der Waals surface area (Å²) in [7, 11) is -1.37. The molecule has 0 fully saturated rings. The lowest BCUT2D eigenvalue weighted by atomic mass is 10.1. The number of Topliss-reactive ketones (excluding diaryl/α,β-unsaturated/α-hetero) is 1. The minimum Gasteiger partial charge on any atom is -0.461 e. The molecule has 2 N–H and O–H groups in total. The third-order valence-electron chi connectivity index (χ3n) is 3.07. The number of carbonyl (C=O) groups excluding carboxylic acids is 3. The summed E-state index contributed by atoms with van der Waals surface area (Å²) in [5, 5.41) is 8.73. The highest BCUT2D eigenvalue weighted by molar-refractivity contribution is 7.98. The number of carbonyl (C=O) groups is 3. The topological polar surface area (TPSA) is 113 Å². The molecule has 0 radical (unpaired) electrons. The molecule has 0 spiro atoms. The number of hydrogen-bond acceptors (Lipinski definition) is 7. The minimum atomic E-state index is -1.37. The van der Waals surface area contributed by atoms with Gasteiger partial charge in [0.15, 0.2) is 5.78 Å². The number of ketones is 1. The van der Waals surface area contributed by atoms with Gasteiger partial charge in [-0.05, 0) is 38.7 Å². The van der Waals surface area contributed by atoms with Gasteiger partial charge in [0.25, 0.3) is 0 Å². The maximum Gasteiger partial charge on any atom is 0.328 e. The van der Waals surface area contributed by atoms with Crippen molar-refractivity contribution >= 4 is 46.4 Å².